The topological polar surface area (TPSA) is 26.3 Å². The molecule has 2 aliphatic rings. The zero-order valence-electron chi connectivity index (χ0n) is 20.3. The van der Waals surface area contributed by atoms with Crippen LogP contribution in [0, 0.1) is 35.5 Å². The van der Waals surface area contributed by atoms with E-state index in [-0.39, 0.29) is 11.9 Å². The van der Waals surface area contributed by atoms with E-state index in [0.717, 1.165) is 43.1 Å². The van der Waals surface area contributed by atoms with Gasteiger partial charge in [-0.3, -0.25) is 4.79 Å². The highest BCUT2D eigenvalue weighted by Gasteiger charge is 2.27. The average Bonchev–Trinajstić information content (AvgIpc) is 2.83. The summed E-state index contributed by atoms with van der Waals surface area (Å²) in [6.07, 6.45) is 20.6. The Bertz CT molecular complexity index is 763. The molecule has 0 saturated heterocycles. The molecule has 32 heavy (non-hydrogen) atoms. The first kappa shape index (κ1) is 24.6. The van der Waals surface area contributed by atoms with Crippen LogP contribution in [0.2, 0.25) is 0 Å². The van der Waals surface area contributed by atoms with Gasteiger partial charge in [0.25, 0.3) is 0 Å². The van der Waals surface area contributed by atoms with Gasteiger partial charge in [-0.25, -0.2) is 0 Å². The van der Waals surface area contributed by atoms with Crippen LogP contribution in [0.5, 0.6) is 5.75 Å². The van der Waals surface area contributed by atoms with Crippen molar-refractivity contribution in [3.8, 4) is 17.6 Å². The summed E-state index contributed by atoms with van der Waals surface area (Å²) in [6, 6.07) is 7.62. The first-order valence-corrected chi connectivity index (χ1v) is 13.2. The quantitative estimate of drug-likeness (QED) is 0.235. The third kappa shape index (κ3) is 8.16. The van der Waals surface area contributed by atoms with E-state index in [0.29, 0.717) is 11.7 Å². The van der Waals surface area contributed by atoms with Crippen molar-refractivity contribution in [2.75, 3.05) is 0 Å². The summed E-state index contributed by atoms with van der Waals surface area (Å²) in [5.41, 5.74) is 0.956. The molecule has 2 nitrogen and oxygen atoms in total. The zero-order chi connectivity index (χ0) is 22.6. The lowest BCUT2D eigenvalue weighted by Gasteiger charge is -2.26. The number of esters is 1. The standard InChI is InChI=1S/C30H42O2/c1-3-5-9-25-12-14-26(15-13-25)10-6-7-11-27-18-22-29(23-19-27)32-30(31)28-20-16-24(8-4-2)17-21-28/h6,10,18-19,22-26,28H,3-5,8-9,12-17,20-21H2,1-2H3/b10-6+. The molecule has 0 spiro atoms. The molecule has 0 bridgehead atoms. The second-order valence-electron chi connectivity index (χ2n) is 10.0. The van der Waals surface area contributed by atoms with E-state index in [1.807, 2.05) is 30.3 Å². The van der Waals surface area contributed by atoms with E-state index in [1.54, 1.807) is 0 Å². The van der Waals surface area contributed by atoms with Crippen molar-refractivity contribution < 1.29 is 9.53 Å². The summed E-state index contributed by atoms with van der Waals surface area (Å²) in [5.74, 6) is 9.47. The van der Waals surface area contributed by atoms with Crippen LogP contribution in [0.4, 0.5) is 0 Å². The third-order valence-corrected chi connectivity index (χ3v) is 7.48. The van der Waals surface area contributed by atoms with E-state index in [2.05, 4.69) is 31.8 Å². The van der Waals surface area contributed by atoms with Crippen molar-refractivity contribution >= 4 is 5.97 Å². The smallest absolute Gasteiger partial charge is 0.314 e. The zero-order valence-corrected chi connectivity index (χ0v) is 20.3. The molecule has 1 aromatic carbocycles. The van der Waals surface area contributed by atoms with Gasteiger partial charge in [-0.05, 0) is 99.5 Å². The Hall–Kier alpha value is -2.01. The summed E-state index contributed by atoms with van der Waals surface area (Å²) in [6.45, 7) is 4.53. The molecule has 2 heteroatoms. The lowest BCUT2D eigenvalue weighted by atomic mass is 9.80. The number of hydrogen-bond acceptors (Lipinski definition) is 2. The molecule has 3 rings (SSSR count). The van der Waals surface area contributed by atoms with Crippen LogP contribution in [0.25, 0.3) is 0 Å². The minimum atomic E-state index is -0.0638. The fourth-order valence-electron chi connectivity index (χ4n) is 5.37. The summed E-state index contributed by atoms with van der Waals surface area (Å²) < 4.78 is 5.64. The molecule has 2 saturated carbocycles. The maximum absolute atomic E-state index is 12.5. The maximum Gasteiger partial charge on any atom is 0.314 e. The van der Waals surface area contributed by atoms with Gasteiger partial charge in [0.2, 0.25) is 0 Å². The van der Waals surface area contributed by atoms with Crippen LogP contribution >= 0.6 is 0 Å². The summed E-state index contributed by atoms with van der Waals surface area (Å²) >= 11 is 0. The van der Waals surface area contributed by atoms with Crippen LogP contribution in [0.1, 0.15) is 103 Å². The normalized spacial score (nSPS) is 25.8. The average molecular weight is 435 g/mol. The second-order valence-corrected chi connectivity index (χ2v) is 10.0. The third-order valence-electron chi connectivity index (χ3n) is 7.48. The van der Waals surface area contributed by atoms with Gasteiger partial charge in [0, 0.05) is 5.56 Å². The summed E-state index contributed by atoms with van der Waals surface area (Å²) in [5, 5.41) is 0. The first-order valence-electron chi connectivity index (χ1n) is 13.2. The van der Waals surface area contributed by atoms with Crippen molar-refractivity contribution in [3.05, 3.63) is 42.0 Å². The fourth-order valence-corrected chi connectivity index (χ4v) is 5.37. The lowest BCUT2D eigenvalue weighted by Crippen LogP contribution is -2.25. The Balaban J connectivity index is 1.39. The molecule has 0 aromatic heterocycles. The fraction of sp³-hybridized carbons (Fsp3) is 0.633. The number of rotatable bonds is 8. The van der Waals surface area contributed by atoms with Crippen molar-refractivity contribution in [2.45, 2.75) is 97.3 Å². The van der Waals surface area contributed by atoms with Gasteiger partial charge < -0.3 is 4.74 Å². The summed E-state index contributed by atoms with van der Waals surface area (Å²) in [7, 11) is 0. The molecule has 0 unspecified atom stereocenters. The molecule has 0 heterocycles. The first-order chi connectivity index (χ1) is 15.7. The second kappa shape index (κ2) is 13.5. The molecule has 1 aromatic rings. The highest BCUT2D eigenvalue weighted by atomic mass is 16.5. The van der Waals surface area contributed by atoms with Crippen LogP contribution < -0.4 is 4.74 Å². The number of unbranched alkanes of at least 4 members (excludes halogenated alkanes) is 1. The number of benzene rings is 1. The number of ether oxygens (including phenoxy) is 1. The number of hydrogen-bond donors (Lipinski definition) is 0. The molecular weight excluding hydrogens is 392 g/mol. The Kier molecular flexibility index (Phi) is 10.4. The van der Waals surface area contributed by atoms with Crippen molar-refractivity contribution in [1.82, 2.24) is 0 Å². The highest BCUT2D eigenvalue weighted by Crippen LogP contribution is 2.33. The van der Waals surface area contributed by atoms with Gasteiger partial charge in [0.1, 0.15) is 5.75 Å². The molecule has 0 amide bonds. The van der Waals surface area contributed by atoms with Gasteiger partial charge in [-0.15, -0.1) is 0 Å². The van der Waals surface area contributed by atoms with Gasteiger partial charge in [-0.1, -0.05) is 63.9 Å². The molecule has 174 valence electrons. The van der Waals surface area contributed by atoms with Crippen molar-refractivity contribution in [2.24, 2.45) is 23.7 Å². The van der Waals surface area contributed by atoms with Crippen LogP contribution in [-0.2, 0) is 4.79 Å². The van der Waals surface area contributed by atoms with E-state index in [4.69, 9.17) is 4.74 Å². The van der Waals surface area contributed by atoms with E-state index >= 15 is 0 Å². The molecule has 0 aliphatic heterocycles. The summed E-state index contributed by atoms with van der Waals surface area (Å²) in [4.78, 5) is 12.5. The van der Waals surface area contributed by atoms with Gasteiger partial charge in [-0.2, -0.15) is 0 Å². The highest BCUT2D eigenvalue weighted by molar-refractivity contribution is 5.75. The van der Waals surface area contributed by atoms with E-state index in [9.17, 15) is 4.79 Å². The van der Waals surface area contributed by atoms with Crippen molar-refractivity contribution in [1.29, 1.82) is 0 Å². The van der Waals surface area contributed by atoms with Gasteiger partial charge >= 0.3 is 5.97 Å². The number of carbonyl (C=O) groups excluding carboxylic acids is 1. The Morgan fingerprint density at radius 2 is 1.56 bits per heavy atom. The van der Waals surface area contributed by atoms with Crippen molar-refractivity contribution in [3.63, 3.8) is 0 Å². The molecular formula is C30H42O2. The minimum absolute atomic E-state index is 0.0638. The number of allylic oxidation sites excluding steroid dienone is 2. The van der Waals surface area contributed by atoms with Crippen LogP contribution in [-0.4, -0.2) is 5.97 Å². The predicted molar refractivity (Wildman–Crippen MR) is 133 cm³/mol. The predicted octanol–water partition coefficient (Wildman–Crippen LogP) is 8.10. The van der Waals surface area contributed by atoms with Gasteiger partial charge in [0.05, 0.1) is 5.92 Å². The van der Waals surface area contributed by atoms with Crippen LogP contribution in [0.3, 0.4) is 0 Å². The molecule has 0 atom stereocenters. The maximum atomic E-state index is 12.5. The Labute approximate surface area is 196 Å². The molecule has 0 radical (unpaired) electrons. The largest absolute Gasteiger partial charge is 0.426 e. The SMILES string of the molecule is CCCCC1CCC(/C=C/C#Cc2ccc(OC(=O)C3CCC(CCC)CC3)cc2)CC1. The van der Waals surface area contributed by atoms with E-state index in [1.165, 1.54) is 57.8 Å². The monoisotopic (exact) mass is 434 g/mol. The molecule has 2 aliphatic carbocycles. The Morgan fingerprint density at radius 1 is 0.906 bits per heavy atom. The van der Waals surface area contributed by atoms with Crippen LogP contribution in [0.15, 0.2) is 36.4 Å². The van der Waals surface area contributed by atoms with E-state index < -0.39 is 0 Å². The molecule has 0 N–H and O–H groups in total. The lowest BCUT2D eigenvalue weighted by molar-refractivity contribution is -0.140. The Morgan fingerprint density at radius 3 is 2.22 bits per heavy atom. The van der Waals surface area contributed by atoms with Gasteiger partial charge in [0.15, 0.2) is 0 Å². The number of carbonyl (C=O) groups is 1. The minimum Gasteiger partial charge on any atom is -0.426 e. The molecule has 2 fully saturated rings.